The van der Waals surface area contributed by atoms with Crippen LogP contribution in [-0.4, -0.2) is 16.0 Å². The largest absolute Gasteiger partial charge is 0.628 e. The predicted molar refractivity (Wildman–Crippen MR) is 385 cm³/mol. The van der Waals surface area contributed by atoms with Crippen LogP contribution in [0.15, 0.2) is 121 Å². The number of benzene rings is 4. The zero-order chi connectivity index (χ0) is 65.2. The summed E-state index contributed by atoms with van der Waals surface area (Å²) in [6, 6.07) is 44.8. The van der Waals surface area contributed by atoms with Gasteiger partial charge in [-0.3, -0.25) is 0 Å². The van der Waals surface area contributed by atoms with E-state index < -0.39 is 0 Å². The van der Waals surface area contributed by atoms with E-state index in [2.05, 4.69) is 232 Å². The monoisotopic (exact) mass is 1380 g/mol. The zero-order valence-corrected chi connectivity index (χ0v) is 61.8. The molecule has 8 bridgehead atoms. The fourth-order valence-electron chi connectivity index (χ4n) is 12.8. The van der Waals surface area contributed by atoms with Crippen molar-refractivity contribution in [2.75, 3.05) is 16.0 Å². The third kappa shape index (κ3) is 19.4. The second-order valence-corrected chi connectivity index (χ2v) is 29.5. The average molecular weight is 1380 g/mol. The Morgan fingerprint density at radius 2 is 0.344 bits per heavy atom. The molecule has 487 valence electrons. The summed E-state index contributed by atoms with van der Waals surface area (Å²) in [7, 11) is 0. The van der Waals surface area contributed by atoms with E-state index in [1.54, 1.807) is 0 Å². The molecule has 90 heavy (non-hydrogen) atoms. The number of hydrogen-bond donors (Lipinski definition) is 0. The number of aromatic nitrogens is 4. The number of halogens is 6. The van der Waals surface area contributed by atoms with Crippen LogP contribution in [0.5, 0.6) is 0 Å². The van der Waals surface area contributed by atoms with E-state index in [1.807, 2.05) is 0 Å². The van der Waals surface area contributed by atoms with Gasteiger partial charge in [0.25, 0.3) is 0 Å². The maximum Gasteiger partial charge on any atom is 0.0967 e. The van der Waals surface area contributed by atoms with Gasteiger partial charge in [0, 0.05) is 185 Å². The van der Waals surface area contributed by atoms with E-state index in [-0.39, 0.29) is 33.1 Å². The summed E-state index contributed by atoms with van der Waals surface area (Å²) in [5.74, 6) is 7.49. The third-order valence-corrected chi connectivity index (χ3v) is 15.7. The van der Waals surface area contributed by atoms with Crippen molar-refractivity contribution in [1.29, 1.82) is 0 Å². The fourth-order valence-corrected chi connectivity index (χ4v) is 12.8. The molecule has 4 aromatic heterocycles. The molecule has 0 unspecified atom stereocenters. The number of fused-ring (bicyclic) bond motifs is 8. The van der Waals surface area contributed by atoms with Crippen LogP contribution in [0.2, 0.25) is 0 Å². The molecule has 9 rings (SSSR count). The smallest absolute Gasteiger partial charge is 0.0967 e. The van der Waals surface area contributed by atoms with Gasteiger partial charge in [0.05, 0.1) is 38.3 Å². The molecule has 11 heteroatoms. The Hall–Kier alpha value is -4.26. The summed E-state index contributed by atoms with van der Waals surface area (Å²) in [6.07, 6.45) is 7.08. The summed E-state index contributed by atoms with van der Waals surface area (Å²) in [4.78, 5) is 25.3. The average Bonchev–Trinajstić information content (AvgIpc) is 1.72. The second-order valence-electron chi connectivity index (χ2n) is 27.1. The van der Waals surface area contributed by atoms with Gasteiger partial charge in [-0.15, -0.1) is 69.6 Å². The Balaban J connectivity index is 0.00000139. The standard InChI is InChI=1S/C76H92N4.3CH2Cl2.Cu/c1-45(2)37-57-58(38-46(3)4)70-66(54-31-23-18-24-32-54)72-61(41-49(9)10)62(42-50(11)12)74(79-72)68(56-35-27-20-28-36-56)76-64(44-52(15)16)63(43-51(13)14)75(80-76)67(55-33-25-19-26-34-55)73-60(40-48(7)8)59(39-47(5)6)71(78-73)65(69(57)77-70)53-29-21-17-22-30-53;3*2-1-3;/h17-36,45-52H,37-44H2,1-16H3;3*1H2;. The van der Waals surface area contributed by atoms with Crippen LogP contribution < -0.4 is 19.9 Å². The summed E-state index contributed by atoms with van der Waals surface area (Å²) < 4.78 is 0. The van der Waals surface area contributed by atoms with Gasteiger partial charge in [0.15, 0.2) is 0 Å². The van der Waals surface area contributed by atoms with Gasteiger partial charge >= 0.3 is 0 Å². The Kier molecular flexibility index (Phi) is 31.4. The van der Waals surface area contributed by atoms with E-state index in [1.165, 1.54) is 44.5 Å². The van der Waals surface area contributed by atoms with Gasteiger partial charge in [-0.1, -0.05) is 111 Å². The van der Waals surface area contributed by atoms with Crippen molar-refractivity contribution in [3.8, 4) is 0 Å². The van der Waals surface area contributed by atoms with Crippen LogP contribution in [-0.2, 0) is 68.4 Å². The molecule has 0 atom stereocenters. The first-order chi connectivity index (χ1) is 42.5. The Morgan fingerprint density at radius 1 is 0.233 bits per heavy atom. The maximum atomic E-state index is 6.33. The van der Waals surface area contributed by atoms with Gasteiger partial charge in [-0.2, -0.15) is 0 Å². The minimum atomic E-state index is 0. The summed E-state index contributed by atoms with van der Waals surface area (Å²) in [5, 5.41) is 0.583. The predicted octanol–water partition coefficient (Wildman–Crippen LogP) is 21.8. The number of nitrogens with zero attached hydrogens (tertiary/aromatic N) is 4. The first-order valence-electron chi connectivity index (χ1n) is 32.4. The van der Waals surface area contributed by atoms with Crippen molar-refractivity contribution in [2.24, 2.45) is 47.3 Å². The van der Waals surface area contributed by atoms with Gasteiger partial charge < -0.3 is 19.9 Å². The number of alkyl halides is 6. The molecule has 0 amide bonds. The molecular formula is C79H98Cl6CuN4. The molecule has 0 saturated carbocycles. The van der Waals surface area contributed by atoms with Crippen molar-refractivity contribution in [1.82, 2.24) is 19.9 Å². The first kappa shape index (κ1) is 76.5. The summed E-state index contributed by atoms with van der Waals surface area (Å²) in [6.45, 7) is 38.1. The summed E-state index contributed by atoms with van der Waals surface area (Å²) in [5.41, 5.74) is 23.8. The molecule has 0 spiro atoms. The SMILES string of the molecule is CC(C)Cc1c2[n-]c(c1CC(C)C)[C+](c1ccccc1)c1[n-]c(c(CC(C)C)c1CC(C)C)[C+](c1ccccc1)c1[n-]c(c(CC(C)C)c1CC(C)C)[C+](c1ccccc1)c1[n-]c(c(CC(C)C)c1CC(C)C)[C+]2c1ccccc1.ClCCl.ClCCl.ClCCl.[Cu]. The normalized spacial score (nSPS) is 12.3. The van der Waals surface area contributed by atoms with Gasteiger partial charge in [-0.05, 0) is 166 Å². The molecule has 1 radical (unpaired) electrons. The number of rotatable bonds is 20. The molecular weight excluding hydrogens is 1280 g/mol. The molecule has 0 saturated heterocycles. The van der Waals surface area contributed by atoms with E-state index in [0.29, 0.717) is 47.3 Å². The van der Waals surface area contributed by atoms with E-state index in [0.717, 1.165) is 143 Å². The van der Waals surface area contributed by atoms with Crippen LogP contribution in [0.3, 0.4) is 0 Å². The molecule has 4 nitrogen and oxygen atoms in total. The Bertz CT molecular complexity index is 2760. The molecule has 0 aliphatic carbocycles. The molecule has 0 N–H and O–H groups in total. The molecule has 8 aromatic rings. The molecule has 0 fully saturated rings. The van der Waals surface area contributed by atoms with Crippen LogP contribution in [0, 0.1) is 71.0 Å². The Labute approximate surface area is 584 Å². The Morgan fingerprint density at radius 3 is 0.444 bits per heavy atom. The van der Waals surface area contributed by atoms with Crippen molar-refractivity contribution < 1.29 is 17.1 Å². The van der Waals surface area contributed by atoms with E-state index in [9.17, 15) is 0 Å². The third-order valence-electron chi connectivity index (χ3n) is 15.7. The molecule has 5 heterocycles. The second kappa shape index (κ2) is 37.0. The topological polar surface area (TPSA) is 56.4 Å². The molecule has 1 aliphatic heterocycles. The fraction of sp³-hybridized carbons (Fsp3) is 0.443. The molecule has 4 aromatic carbocycles. The van der Waals surface area contributed by atoms with Gasteiger partial charge in [0.1, 0.15) is 0 Å². The van der Waals surface area contributed by atoms with E-state index in [4.69, 9.17) is 89.5 Å². The number of hydrogen-bond acceptors (Lipinski definition) is 0. The quantitative estimate of drug-likeness (QED) is 0.0433. The minimum Gasteiger partial charge on any atom is -0.628 e. The van der Waals surface area contributed by atoms with E-state index >= 15 is 0 Å². The van der Waals surface area contributed by atoms with Crippen molar-refractivity contribution in [3.63, 3.8) is 0 Å². The van der Waals surface area contributed by atoms with Gasteiger partial charge in [0.2, 0.25) is 0 Å². The zero-order valence-electron chi connectivity index (χ0n) is 56.3. The van der Waals surface area contributed by atoms with Crippen LogP contribution in [0.4, 0.5) is 0 Å². The summed E-state index contributed by atoms with van der Waals surface area (Å²) >= 11 is 28.6. The van der Waals surface area contributed by atoms with Gasteiger partial charge in [-0.25, -0.2) is 0 Å². The molecule has 1 aliphatic rings. The van der Waals surface area contributed by atoms with Crippen LogP contribution >= 0.6 is 69.6 Å². The minimum absolute atomic E-state index is 0. The van der Waals surface area contributed by atoms with Crippen molar-refractivity contribution in [2.45, 2.75) is 162 Å². The first-order valence-corrected chi connectivity index (χ1v) is 35.6. The van der Waals surface area contributed by atoms with Crippen LogP contribution in [0.25, 0.3) is 0 Å². The maximum absolute atomic E-state index is 6.33. The van der Waals surface area contributed by atoms with Crippen LogP contribution in [0.1, 0.15) is 223 Å². The van der Waals surface area contributed by atoms with Crippen molar-refractivity contribution in [3.05, 3.63) is 257 Å². The van der Waals surface area contributed by atoms with Crippen molar-refractivity contribution >= 4 is 69.6 Å².